The summed E-state index contributed by atoms with van der Waals surface area (Å²) < 4.78 is 44.0. The first-order chi connectivity index (χ1) is 16.2. The van der Waals surface area contributed by atoms with Crippen molar-refractivity contribution >= 4 is 33.8 Å². The Morgan fingerprint density at radius 2 is 1.97 bits per heavy atom. The number of alkyl halides is 3. The van der Waals surface area contributed by atoms with Gasteiger partial charge in [0.25, 0.3) is 11.6 Å². The van der Waals surface area contributed by atoms with Gasteiger partial charge in [0.1, 0.15) is 5.69 Å². The number of nitro groups is 1. The van der Waals surface area contributed by atoms with E-state index in [1.807, 2.05) is 4.90 Å². The van der Waals surface area contributed by atoms with E-state index in [0.717, 1.165) is 23.5 Å². The number of nitrogens with one attached hydrogen (secondary N) is 1. The second kappa shape index (κ2) is 9.77. The fraction of sp³-hybridized carbons (Fsp3) is 0.273. The van der Waals surface area contributed by atoms with Crippen molar-refractivity contribution in [2.45, 2.75) is 12.6 Å². The second-order valence-electron chi connectivity index (χ2n) is 7.52. The predicted molar refractivity (Wildman–Crippen MR) is 120 cm³/mol. The minimum Gasteiger partial charge on any atom is -0.378 e. The number of anilines is 2. The van der Waals surface area contributed by atoms with Crippen molar-refractivity contribution in [1.29, 1.82) is 0 Å². The van der Waals surface area contributed by atoms with E-state index in [0.29, 0.717) is 42.4 Å². The van der Waals surface area contributed by atoms with E-state index in [2.05, 4.69) is 10.3 Å². The monoisotopic (exact) mass is 492 g/mol. The van der Waals surface area contributed by atoms with Crippen LogP contribution in [0.3, 0.4) is 0 Å². The Morgan fingerprint density at radius 1 is 1.21 bits per heavy atom. The van der Waals surface area contributed by atoms with E-state index in [-0.39, 0.29) is 22.8 Å². The molecule has 2 heterocycles. The maximum absolute atomic E-state index is 12.9. The van der Waals surface area contributed by atoms with Gasteiger partial charge in [-0.2, -0.15) is 13.2 Å². The molecule has 0 radical (unpaired) electrons. The molecule has 0 spiro atoms. The molecule has 1 aromatic heterocycles. The van der Waals surface area contributed by atoms with Crippen LogP contribution in [0.5, 0.6) is 0 Å². The first kappa shape index (κ1) is 23.6. The van der Waals surface area contributed by atoms with Crippen molar-refractivity contribution < 1.29 is 27.6 Å². The highest BCUT2D eigenvalue weighted by atomic mass is 32.1. The number of hydrogen-bond donors (Lipinski definition) is 1. The summed E-state index contributed by atoms with van der Waals surface area (Å²) >= 11 is 1.12. The van der Waals surface area contributed by atoms with Gasteiger partial charge in [-0.3, -0.25) is 20.2 Å². The zero-order chi connectivity index (χ0) is 24.3. The molecule has 1 saturated heterocycles. The van der Waals surface area contributed by atoms with Gasteiger partial charge >= 0.3 is 6.18 Å². The maximum atomic E-state index is 12.9. The summed E-state index contributed by atoms with van der Waals surface area (Å²) in [5, 5.41) is 14.4. The smallest absolute Gasteiger partial charge is 0.378 e. The Kier molecular flexibility index (Phi) is 6.80. The zero-order valence-electron chi connectivity index (χ0n) is 17.7. The largest absolute Gasteiger partial charge is 0.416 e. The molecule has 178 valence electrons. The Bertz CT molecular complexity index is 1210. The second-order valence-corrected chi connectivity index (χ2v) is 8.64. The standard InChI is InChI=1S/C22H19F3N4O4S/c23-22(24,25)16-3-1-2-14(10-16)11-17-13-26-21(34-17)27-20(30)15-4-5-18(19(12-15)29(31)32)28-6-8-33-9-7-28/h1-5,10,12-13H,6-9,11H2,(H,26,27,30). The molecule has 12 heteroatoms. The van der Waals surface area contributed by atoms with Gasteiger partial charge < -0.3 is 9.64 Å². The minimum absolute atomic E-state index is 0.0957. The van der Waals surface area contributed by atoms with E-state index in [1.165, 1.54) is 24.4 Å². The minimum atomic E-state index is -4.43. The summed E-state index contributed by atoms with van der Waals surface area (Å²) in [4.78, 5) is 30.3. The molecule has 0 saturated carbocycles. The van der Waals surface area contributed by atoms with Gasteiger partial charge in [0.2, 0.25) is 0 Å². The highest BCUT2D eigenvalue weighted by molar-refractivity contribution is 7.15. The van der Waals surface area contributed by atoms with Crippen LogP contribution in [-0.2, 0) is 17.3 Å². The van der Waals surface area contributed by atoms with E-state index in [4.69, 9.17) is 4.74 Å². The van der Waals surface area contributed by atoms with Crippen molar-refractivity contribution in [1.82, 2.24) is 4.98 Å². The van der Waals surface area contributed by atoms with E-state index in [1.54, 1.807) is 12.1 Å². The summed E-state index contributed by atoms with van der Waals surface area (Å²) in [7, 11) is 0. The summed E-state index contributed by atoms with van der Waals surface area (Å²) in [5.74, 6) is -0.573. The Hall–Kier alpha value is -3.51. The van der Waals surface area contributed by atoms with Crippen LogP contribution in [-0.4, -0.2) is 42.1 Å². The first-order valence-electron chi connectivity index (χ1n) is 10.2. The molecule has 0 unspecified atom stereocenters. The van der Waals surface area contributed by atoms with Gasteiger partial charge in [0, 0.05) is 42.2 Å². The normalized spacial score (nSPS) is 14.1. The molecule has 1 aliphatic heterocycles. The lowest BCUT2D eigenvalue weighted by atomic mass is 10.1. The van der Waals surface area contributed by atoms with Crippen LogP contribution in [0, 0.1) is 10.1 Å². The Morgan fingerprint density at radius 3 is 2.68 bits per heavy atom. The van der Waals surface area contributed by atoms with Gasteiger partial charge in [-0.25, -0.2) is 4.98 Å². The molecule has 0 atom stereocenters. The number of ether oxygens (including phenoxy) is 1. The van der Waals surface area contributed by atoms with Crippen LogP contribution in [0.25, 0.3) is 0 Å². The number of carbonyl (C=O) groups is 1. The topological polar surface area (TPSA) is 97.6 Å². The lowest BCUT2D eigenvalue weighted by Gasteiger charge is -2.28. The number of halogens is 3. The fourth-order valence-electron chi connectivity index (χ4n) is 3.56. The summed E-state index contributed by atoms with van der Waals surface area (Å²) in [6, 6.07) is 9.27. The van der Waals surface area contributed by atoms with E-state index in [9.17, 15) is 28.1 Å². The lowest BCUT2D eigenvalue weighted by Crippen LogP contribution is -2.36. The highest BCUT2D eigenvalue weighted by Crippen LogP contribution is 2.32. The molecule has 0 bridgehead atoms. The van der Waals surface area contributed by atoms with Crippen LogP contribution >= 0.6 is 11.3 Å². The molecule has 3 aromatic rings. The SMILES string of the molecule is O=C(Nc1ncc(Cc2cccc(C(F)(F)F)c2)s1)c1ccc(N2CCOCC2)c([N+](=O)[O-])c1. The van der Waals surface area contributed by atoms with Crippen molar-refractivity contribution in [3.8, 4) is 0 Å². The molecule has 4 rings (SSSR count). The number of nitro benzene ring substituents is 1. The van der Waals surface area contributed by atoms with Gasteiger partial charge in [-0.05, 0) is 23.8 Å². The lowest BCUT2D eigenvalue weighted by molar-refractivity contribution is -0.384. The average Bonchev–Trinajstić information content (AvgIpc) is 3.25. The molecule has 1 fully saturated rings. The zero-order valence-corrected chi connectivity index (χ0v) is 18.5. The molecule has 1 aliphatic rings. The number of rotatable bonds is 6. The molecule has 1 amide bonds. The maximum Gasteiger partial charge on any atom is 0.416 e. The molecular weight excluding hydrogens is 473 g/mol. The van der Waals surface area contributed by atoms with Crippen molar-refractivity contribution in [3.63, 3.8) is 0 Å². The average molecular weight is 492 g/mol. The fourth-order valence-corrected chi connectivity index (χ4v) is 4.40. The molecule has 8 nitrogen and oxygen atoms in total. The predicted octanol–water partition coefficient (Wildman–Crippen LogP) is 4.75. The number of carbonyl (C=O) groups excluding carboxylic acids is 1. The van der Waals surface area contributed by atoms with Crippen molar-refractivity contribution in [2.75, 3.05) is 36.5 Å². The van der Waals surface area contributed by atoms with E-state index >= 15 is 0 Å². The van der Waals surface area contributed by atoms with Crippen LogP contribution in [0.4, 0.5) is 29.7 Å². The quantitative estimate of drug-likeness (QED) is 0.394. The van der Waals surface area contributed by atoms with Crippen LogP contribution < -0.4 is 10.2 Å². The molecule has 1 N–H and O–H groups in total. The summed E-state index contributed by atoms with van der Waals surface area (Å²) in [6.45, 7) is 1.96. The Labute approximate surface area is 196 Å². The molecule has 0 aliphatic carbocycles. The third kappa shape index (κ3) is 5.51. The number of hydrogen-bond acceptors (Lipinski definition) is 7. The number of morpholine rings is 1. The Balaban J connectivity index is 1.46. The first-order valence-corrected chi connectivity index (χ1v) is 11.1. The van der Waals surface area contributed by atoms with Gasteiger partial charge in [-0.15, -0.1) is 11.3 Å². The number of benzene rings is 2. The number of aromatic nitrogens is 1. The summed E-state index contributed by atoms with van der Waals surface area (Å²) in [5.41, 5.74) is 0.0653. The van der Waals surface area contributed by atoms with Gasteiger partial charge in [-0.1, -0.05) is 18.2 Å². The highest BCUT2D eigenvalue weighted by Gasteiger charge is 2.30. The third-order valence-electron chi connectivity index (χ3n) is 5.19. The van der Waals surface area contributed by atoms with Crippen LogP contribution in [0.15, 0.2) is 48.7 Å². The number of thiazole rings is 1. The molecule has 34 heavy (non-hydrogen) atoms. The molecule has 2 aromatic carbocycles. The van der Waals surface area contributed by atoms with Crippen molar-refractivity contribution in [2.24, 2.45) is 0 Å². The van der Waals surface area contributed by atoms with Crippen LogP contribution in [0.2, 0.25) is 0 Å². The van der Waals surface area contributed by atoms with Gasteiger partial charge in [0.05, 0.1) is 23.7 Å². The summed E-state index contributed by atoms with van der Waals surface area (Å²) in [6.07, 6.45) is -2.73. The molecular formula is C22H19F3N4O4S. The van der Waals surface area contributed by atoms with E-state index < -0.39 is 22.6 Å². The van der Waals surface area contributed by atoms with Crippen LogP contribution in [0.1, 0.15) is 26.4 Å². The number of nitrogens with zero attached hydrogens (tertiary/aromatic N) is 3. The van der Waals surface area contributed by atoms with Gasteiger partial charge in [0.15, 0.2) is 5.13 Å². The van der Waals surface area contributed by atoms with Crippen molar-refractivity contribution in [3.05, 3.63) is 80.3 Å². The number of amides is 1. The third-order valence-corrected chi connectivity index (χ3v) is 6.11.